The van der Waals surface area contributed by atoms with Crippen molar-refractivity contribution >= 4 is 23.7 Å². The lowest BCUT2D eigenvalue weighted by Crippen LogP contribution is -2.57. The van der Waals surface area contributed by atoms with E-state index < -0.39 is 54.5 Å². The molecule has 0 fully saturated rings. The fourth-order valence-corrected chi connectivity index (χ4v) is 2.90. The molecule has 0 aliphatic carbocycles. The average molecular weight is 452 g/mol. The number of nitrogens with one attached hydrogen (secondary N) is 3. The van der Waals surface area contributed by atoms with Crippen molar-refractivity contribution in [3.8, 4) is 0 Å². The number of carboxylic acids is 1. The van der Waals surface area contributed by atoms with E-state index >= 15 is 0 Å². The fourth-order valence-electron chi connectivity index (χ4n) is 2.90. The molecule has 178 valence electrons. The second-order valence-corrected chi connectivity index (χ2v) is 7.48. The molecular formula is C21H33N5O6. The van der Waals surface area contributed by atoms with Crippen molar-refractivity contribution in [2.24, 2.45) is 11.5 Å². The van der Waals surface area contributed by atoms with E-state index in [1.807, 2.05) is 30.3 Å². The maximum absolute atomic E-state index is 12.4. The number of aliphatic carboxylic acids is 1. The van der Waals surface area contributed by atoms with E-state index in [4.69, 9.17) is 11.5 Å². The van der Waals surface area contributed by atoms with Crippen LogP contribution in [0.15, 0.2) is 30.3 Å². The second-order valence-electron chi connectivity index (χ2n) is 7.48. The van der Waals surface area contributed by atoms with Crippen LogP contribution < -0.4 is 27.4 Å². The number of aliphatic hydroxyl groups excluding tert-OH is 1. The summed E-state index contributed by atoms with van der Waals surface area (Å²) in [7, 11) is 0. The van der Waals surface area contributed by atoms with Gasteiger partial charge in [-0.3, -0.25) is 14.4 Å². The van der Waals surface area contributed by atoms with Gasteiger partial charge in [0.25, 0.3) is 0 Å². The van der Waals surface area contributed by atoms with Crippen molar-refractivity contribution < 1.29 is 29.4 Å². The predicted molar refractivity (Wildman–Crippen MR) is 117 cm³/mol. The molecule has 0 spiro atoms. The van der Waals surface area contributed by atoms with Crippen molar-refractivity contribution in [3.05, 3.63) is 35.9 Å². The predicted octanol–water partition coefficient (Wildman–Crippen LogP) is -1.76. The number of amides is 3. The molecule has 0 heterocycles. The van der Waals surface area contributed by atoms with Crippen LogP contribution in [0, 0.1) is 0 Å². The Kier molecular flexibility index (Phi) is 11.9. The molecule has 0 radical (unpaired) electrons. The third kappa shape index (κ3) is 9.86. The minimum absolute atomic E-state index is 0.206. The van der Waals surface area contributed by atoms with Gasteiger partial charge in [-0.1, -0.05) is 30.3 Å². The Hall–Kier alpha value is -3.02. The van der Waals surface area contributed by atoms with Crippen LogP contribution in [0.4, 0.5) is 0 Å². The SMILES string of the molecule is CC(O)C(NC(=O)C(N)Cc1ccccc1)C(=O)NCC(=O)NC(CCCCN)C(=O)O. The Morgan fingerprint density at radius 2 is 1.69 bits per heavy atom. The average Bonchev–Trinajstić information content (AvgIpc) is 2.75. The third-order valence-electron chi connectivity index (χ3n) is 4.70. The minimum atomic E-state index is -1.34. The van der Waals surface area contributed by atoms with Gasteiger partial charge < -0.3 is 37.6 Å². The number of nitrogens with two attached hydrogens (primary N) is 2. The summed E-state index contributed by atoms with van der Waals surface area (Å²) >= 11 is 0. The van der Waals surface area contributed by atoms with Gasteiger partial charge in [0.1, 0.15) is 12.1 Å². The number of benzene rings is 1. The summed E-state index contributed by atoms with van der Waals surface area (Å²) in [6.45, 7) is 1.21. The molecule has 1 rings (SSSR count). The summed E-state index contributed by atoms with van der Waals surface area (Å²) < 4.78 is 0. The number of carboxylic acid groups (broad SMARTS) is 1. The lowest BCUT2D eigenvalue weighted by molar-refractivity contribution is -0.142. The van der Waals surface area contributed by atoms with Gasteiger partial charge in [-0.2, -0.15) is 0 Å². The zero-order chi connectivity index (χ0) is 24.1. The summed E-state index contributed by atoms with van der Waals surface area (Å²) in [5, 5.41) is 26.1. The first-order valence-electron chi connectivity index (χ1n) is 10.4. The lowest BCUT2D eigenvalue weighted by atomic mass is 10.0. The van der Waals surface area contributed by atoms with Crippen LogP contribution in [0.5, 0.6) is 0 Å². The smallest absolute Gasteiger partial charge is 0.326 e. The van der Waals surface area contributed by atoms with Gasteiger partial charge in [0.05, 0.1) is 18.7 Å². The van der Waals surface area contributed by atoms with Crippen molar-refractivity contribution in [2.75, 3.05) is 13.1 Å². The summed E-state index contributed by atoms with van der Waals surface area (Å²) in [4.78, 5) is 48.1. The summed E-state index contributed by atoms with van der Waals surface area (Å²) in [5.41, 5.74) is 12.1. The highest BCUT2D eigenvalue weighted by Crippen LogP contribution is 2.03. The lowest BCUT2D eigenvalue weighted by Gasteiger charge is -2.23. The molecule has 32 heavy (non-hydrogen) atoms. The third-order valence-corrected chi connectivity index (χ3v) is 4.70. The van der Waals surface area contributed by atoms with Gasteiger partial charge in [-0.25, -0.2) is 4.79 Å². The van der Waals surface area contributed by atoms with E-state index in [1.54, 1.807) is 0 Å². The Morgan fingerprint density at radius 1 is 1.03 bits per heavy atom. The van der Waals surface area contributed by atoms with Crippen LogP contribution in [0.2, 0.25) is 0 Å². The van der Waals surface area contributed by atoms with Crippen molar-refractivity contribution in [1.29, 1.82) is 0 Å². The molecule has 0 saturated carbocycles. The molecule has 11 nitrogen and oxygen atoms in total. The molecule has 0 bridgehead atoms. The quantitative estimate of drug-likeness (QED) is 0.161. The maximum Gasteiger partial charge on any atom is 0.326 e. The highest BCUT2D eigenvalue weighted by atomic mass is 16.4. The molecule has 11 heteroatoms. The number of carbonyl (C=O) groups is 4. The van der Waals surface area contributed by atoms with Crippen LogP contribution in [0.1, 0.15) is 31.7 Å². The zero-order valence-corrected chi connectivity index (χ0v) is 18.1. The van der Waals surface area contributed by atoms with Crippen LogP contribution in [0.25, 0.3) is 0 Å². The molecule has 1 aromatic rings. The fraction of sp³-hybridized carbons (Fsp3) is 0.524. The number of carbonyl (C=O) groups excluding carboxylic acids is 3. The molecular weight excluding hydrogens is 418 g/mol. The van der Waals surface area contributed by atoms with E-state index in [-0.39, 0.29) is 12.8 Å². The standard InChI is InChI=1S/C21H33N5O6/c1-13(27)18(26-19(29)15(23)11-14-7-3-2-4-8-14)20(30)24-12-17(28)25-16(21(31)32)9-5-6-10-22/h2-4,7-8,13,15-16,18,27H,5-6,9-12,22-23H2,1H3,(H,24,30)(H,25,28)(H,26,29)(H,31,32). The van der Waals surface area contributed by atoms with E-state index in [0.717, 1.165) is 5.56 Å². The largest absolute Gasteiger partial charge is 0.480 e. The molecule has 3 amide bonds. The maximum atomic E-state index is 12.4. The first-order chi connectivity index (χ1) is 15.1. The van der Waals surface area contributed by atoms with Gasteiger partial charge in [0, 0.05) is 0 Å². The Balaban J connectivity index is 2.58. The minimum Gasteiger partial charge on any atom is -0.480 e. The Labute approximate surface area is 186 Å². The monoisotopic (exact) mass is 451 g/mol. The molecule has 0 saturated heterocycles. The number of aliphatic hydroxyl groups is 1. The van der Waals surface area contributed by atoms with Crippen molar-refractivity contribution in [3.63, 3.8) is 0 Å². The normalized spacial score (nSPS) is 14.5. The molecule has 0 aliphatic heterocycles. The van der Waals surface area contributed by atoms with Gasteiger partial charge in [-0.05, 0) is 44.7 Å². The summed E-state index contributed by atoms with van der Waals surface area (Å²) in [6.07, 6.45) is 0.342. The van der Waals surface area contributed by atoms with Gasteiger partial charge in [-0.15, -0.1) is 0 Å². The first-order valence-corrected chi connectivity index (χ1v) is 10.4. The summed E-state index contributed by atoms with van der Waals surface area (Å²) in [5.74, 6) is -3.34. The van der Waals surface area contributed by atoms with E-state index in [0.29, 0.717) is 19.4 Å². The topological polar surface area (TPSA) is 197 Å². The van der Waals surface area contributed by atoms with Crippen molar-refractivity contribution in [1.82, 2.24) is 16.0 Å². The van der Waals surface area contributed by atoms with Gasteiger partial charge in [0.15, 0.2) is 0 Å². The molecule has 0 aliphatic rings. The van der Waals surface area contributed by atoms with E-state index in [9.17, 15) is 29.4 Å². The molecule has 0 aromatic heterocycles. The van der Waals surface area contributed by atoms with Crippen LogP contribution in [-0.2, 0) is 25.6 Å². The van der Waals surface area contributed by atoms with Crippen molar-refractivity contribution in [2.45, 2.75) is 56.8 Å². The number of hydrogen-bond acceptors (Lipinski definition) is 7. The Bertz CT molecular complexity index is 758. The molecule has 4 unspecified atom stereocenters. The van der Waals surface area contributed by atoms with Crippen LogP contribution in [-0.4, -0.2) is 71.2 Å². The summed E-state index contributed by atoms with van der Waals surface area (Å²) in [6, 6.07) is 5.69. The number of rotatable bonds is 14. The zero-order valence-electron chi connectivity index (χ0n) is 18.1. The highest BCUT2D eigenvalue weighted by molar-refractivity contribution is 5.93. The van der Waals surface area contributed by atoms with E-state index in [1.165, 1.54) is 6.92 Å². The number of unbranched alkanes of at least 4 members (excludes halogenated alkanes) is 1. The first kappa shape index (κ1) is 27.0. The van der Waals surface area contributed by atoms with Crippen LogP contribution >= 0.6 is 0 Å². The van der Waals surface area contributed by atoms with Gasteiger partial charge in [0.2, 0.25) is 17.7 Å². The highest BCUT2D eigenvalue weighted by Gasteiger charge is 2.28. The number of hydrogen-bond donors (Lipinski definition) is 7. The second kappa shape index (κ2) is 14.1. The van der Waals surface area contributed by atoms with E-state index in [2.05, 4.69) is 16.0 Å². The van der Waals surface area contributed by atoms with Crippen LogP contribution in [0.3, 0.4) is 0 Å². The molecule has 4 atom stereocenters. The Morgan fingerprint density at radius 3 is 2.25 bits per heavy atom. The molecule has 1 aromatic carbocycles. The molecule has 9 N–H and O–H groups in total. The van der Waals surface area contributed by atoms with Gasteiger partial charge >= 0.3 is 5.97 Å².